The van der Waals surface area contributed by atoms with Gasteiger partial charge in [-0.3, -0.25) is 9.97 Å². The molecule has 0 saturated carbocycles. The molecule has 2 aromatic carbocycles. The third kappa shape index (κ3) is 3.60. The van der Waals surface area contributed by atoms with Crippen molar-refractivity contribution in [3.05, 3.63) is 97.6 Å². The lowest BCUT2D eigenvalue weighted by Gasteiger charge is -2.02. The highest BCUT2D eigenvalue weighted by Crippen LogP contribution is 2.37. The Morgan fingerprint density at radius 3 is 1.06 bits per heavy atom. The number of fused-ring (bicyclic) bond motifs is 1. The van der Waals surface area contributed by atoms with Crippen LogP contribution in [0.5, 0.6) is 0 Å². The van der Waals surface area contributed by atoms with Crippen molar-refractivity contribution in [2.24, 2.45) is 0 Å². The summed E-state index contributed by atoms with van der Waals surface area (Å²) in [5.41, 5.74) is 6.89. The summed E-state index contributed by atoms with van der Waals surface area (Å²) >= 11 is 3.28. The van der Waals surface area contributed by atoms with Crippen molar-refractivity contribution in [2.45, 2.75) is 0 Å². The second-order valence-electron chi connectivity index (χ2n) is 7.27. The van der Waals surface area contributed by atoms with Gasteiger partial charge in [-0.25, -0.2) is 9.97 Å². The van der Waals surface area contributed by atoms with Crippen LogP contribution < -0.4 is 0 Å². The van der Waals surface area contributed by atoms with E-state index in [1.54, 1.807) is 22.7 Å². The topological polar surface area (TPSA) is 51.6 Å². The Morgan fingerprint density at radius 1 is 0.375 bits per heavy atom. The molecule has 0 atom stereocenters. The predicted molar refractivity (Wildman–Crippen MR) is 133 cm³/mol. The normalized spacial score (nSPS) is 11.1. The minimum atomic E-state index is 0.983. The van der Waals surface area contributed by atoms with Gasteiger partial charge in [0.15, 0.2) is 9.66 Å². The van der Waals surface area contributed by atoms with Gasteiger partial charge in [-0.05, 0) is 46.5 Å². The maximum absolute atomic E-state index is 4.85. The molecule has 0 bridgehead atoms. The first-order chi connectivity index (χ1) is 15.8. The molecule has 0 fully saturated rings. The molecule has 0 aliphatic carbocycles. The first kappa shape index (κ1) is 19.0. The number of thiazole rings is 2. The molecule has 0 N–H and O–H groups in total. The average molecular weight is 449 g/mol. The standard InChI is InChI=1S/C26H16N4S2/c1-5-21(6-2-17(1)19-9-13-27-14-10-19)23-29-25-26(31-23)30-24(32-25)22-7-3-18(4-8-22)20-11-15-28-16-12-20/h1-16H. The van der Waals surface area contributed by atoms with Gasteiger partial charge in [0.05, 0.1) is 0 Å². The molecule has 0 spiro atoms. The Kier molecular flexibility index (Phi) is 4.79. The minimum absolute atomic E-state index is 0.983. The van der Waals surface area contributed by atoms with E-state index in [9.17, 15) is 0 Å². The molecule has 6 heteroatoms. The number of hydrogen-bond acceptors (Lipinski definition) is 6. The van der Waals surface area contributed by atoms with Crippen LogP contribution in [-0.4, -0.2) is 19.9 Å². The van der Waals surface area contributed by atoms with Crippen LogP contribution in [0, 0.1) is 0 Å². The van der Waals surface area contributed by atoms with Crippen molar-refractivity contribution in [3.63, 3.8) is 0 Å². The van der Waals surface area contributed by atoms with Crippen molar-refractivity contribution in [1.29, 1.82) is 0 Å². The molecule has 0 radical (unpaired) electrons. The molecule has 4 aromatic heterocycles. The van der Waals surface area contributed by atoms with Crippen molar-refractivity contribution < 1.29 is 0 Å². The molecule has 4 nitrogen and oxygen atoms in total. The summed E-state index contributed by atoms with van der Waals surface area (Å²) < 4.78 is 0. The minimum Gasteiger partial charge on any atom is -0.265 e. The van der Waals surface area contributed by atoms with E-state index in [1.165, 1.54) is 11.1 Å². The summed E-state index contributed by atoms with van der Waals surface area (Å²) in [6.07, 6.45) is 7.25. The van der Waals surface area contributed by atoms with Gasteiger partial charge in [0.25, 0.3) is 0 Å². The summed E-state index contributed by atoms with van der Waals surface area (Å²) in [4.78, 5) is 19.8. The van der Waals surface area contributed by atoms with Gasteiger partial charge in [-0.1, -0.05) is 71.2 Å². The zero-order valence-corrected chi connectivity index (χ0v) is 18.5. The van der Waals surface area contributed by atoms with E-state index in [4.69, 9.17) is 9.97 Å². The maximum atomic E-state index is 4.85. The third-order valence-electron chi connectivity index (χ3n) is 5.27. The summed E-state index contributed by atoms with van der Waals surface area (Å²) in [6.45, 7) is 0. The van der Waals surface area contributed by atoms with E-state index in [2.05, 4.69) is 58.5 Å². The van der Waals surface area contributed by atoms with Crippen molar-refractivity contribution >= 4 is 32.3 Å². The van der Waals surface area contributed by atoms with Crippen LogP contribution in [0.25, 0.3) is 53.1 Å². The summed E-state index contributed by atoms with van der Waals surface area (Å²) in [5, 5.41) is 2.00. The van der Waals surface area contributed by atoms with Gasteiger partial charge in [0, 0.05) is 35.9 Å². The molecule has 0 amide bonds. The Hall–Kier alpha value is -3.74. The SMILES string of the molecule is c1cc(-c2ccc(-c3nc4sc(-c5ccc(-c6ccncc6)cc5)nc4s3)cc2)ccn1. The molecule has 6 aromatic rings. The van der Waals surface area contributed by atoms with E-state index >= 15 is 0 Å². The first-order valence-corrected chi connectivity index (χ1v) is 11.8. The zero-order chi connectivity index (χ0) is 21.3. The maximum Gasteiger partial charge on any atom is 0.155 e. The van der Waals surface area contributed by atoms with E-state index in [0.717, 1.165) is 41.9 Å². The number of hydrogen-bond donors (Lipinski definition) is 0. The first-order valence-electron chi connectivity index (χ1n) is 10.1. The summed E-state index contributed by atoms with van der Waals surface area (Å²) in [6, 6.07) is 25.1. The molecular formula is C26H16N4S2. The molecule has 0 saturated heterocycles. The second-order valence-corrected chi connectivity index (χ2v) is 9.23. The predicted octanol–water partition coefficient (Wildman–Crippen LogP) is 7.21. The van der Waals surface area contributed by atoms with Crippen LogP contribution in [0.4, 0.5) is 0 Å². The fourth-order valence-corrected chi connectivity index (χ4v) is 5.64. The number of rotatable bonds is 4. The van der Waals surface area contributed by atoms with Gasteiger partial charge in [-0.2, -0.15) is 0 Å². The van der Waals surface area contributed by atoms with Crippen molar-refractivity contribution in [1.82, 2.24) is 19.9 Å². The van der Waals surface area contributed by atoms with Crippen LogP contribution in [0.2, 0.25) is 0 Å². The number of pyridine rings is 2. The molecule has 152 valence electrons. The van der Waals surface area contributed by atoms with Crippen LogP contribution in [-0.2, 0) is 0 Å². The molecule has 6 rings (SSSR count). The molecule has 0 aliphatic heterocycles. The Balaban J connectivity index is 1.26. The lowest BCUT2D eigenvalue weighted by atomic mass is 10.1. The highest BCUT2D eigenvalue weighted by atomic mass is 32.1. The number of benzene rings is 2. The summed E-state index contributed by atoms with van der Waals surface area (Å²) in [7, 11) is 0. The van der Waals surface area contributed by atoms with Crippen LogP contribution in [0.15, 0.2) is 97.6 Å². The van der Waals surface area contributed by atoms with E-state index in [-0.39, 0.29) is 0 Å². The van der Waals surface area contributed by atoms with Gasteiger partial charge in [0.1, 0.15) is 10.0 Å². The Bertz CT molecular complexity index is 1340. The van der Waals surface area contributed by atoms with E-state index in [0.29, 0.717) is 0 Å². The fourth-order valence-electron chi connectivity index (χ4n) is 3.59. The number of aromatic nitrogens is 4. The van der Waals surface area contributed by atoms with E-state index in [1.807, 2.05) is 49.1 Å². The van der Waals surface area contributed by atoms with Gasteiger partial charge in [-0.15, -0.1) is 0 Å². The van der Waals surface area contributed by atoms with Gasteiger partial charge >= 0.3 is 0 Å². The highest BCUT2D eigenvalue weighted by molar-refractivity contribution is 7.29. The molecule has 0 aliphatic rings. The molecule has 4 heterocycles. The van der Waals surface area contributed by atoms with Gasteiger partial charge in [0.2, 0.25) is 0 Å². The molecule has 0 unspecified atom stereocenters. The second kappa shape index (κ2) is 8.07. The molecule has 32 heavy (non-hydrogen) atoms. The van der Waals surface area contributed by atoms with Crippen LogP contribution >= 0.6 is 22.7 Å². The van der Waals surface area contributed by atoms with Crippen molar-refractivity contribution in [3.8, 4) is 43.4 Å². The lowest BCUT2D eigenvalue weighted by Crippen LogP contribution is -1.80. The van der Waals surface area contributed by atoms with E-state index < -0.39 is 0 Å². The Labute approximate surface area is 193 Å². The zero-order valence-electron chi connectivity index (χ0n) is 16.8. The quantitative estimate of drug-likeness (QED) is 0.286. The Morgan fingerprint density at radius 2 is 0.688 bits per heavy atom. The third-order valence-corrected chi connectivity index (χ3v) is 7.39. The average Bonchev–Trinajstić information content (AvgIpc) is 3.45. The van der Waals surface area contributed by atoms with Gasteiger partial charge < -0.3 is 0 Å². The van der Waals surface area contributed by atoms with Crippen LogP contribution in [0.1, 0.15) is 0 Å². The number of nitrogens with zero attached hydrogens (tertiary/aromatic N) is 4. The lowest BCUT2D eigenvalue weighted by molar-refractivity contribution is 1.33. The monoisotopic (exact) mass is 448 g/mol. The smallest absolute Gasteiger partial charge is 0.155 e. The highest BCUT2D eigenvalue weighted by Gasteiger charge is 2.13. The fraction of sp³-hybridized carbons (Fsp3) is 0. The molecular weight excluding hydrogens is 432 g/mol. The summed E-state index contributed by atoms with van der Waals surface area (Å²) in [5.74, 6) is 0. The largest absolute Gasteiger partial charge is 0.265 e. The van der Waals surface area contributed by atoms with Crippen LogP contribution in [0.3, 0.4) is 0 Å². The van der Waals surface area contributed by atoms with Crippen molar-refractivity contribution in [2.75, 3.05) is 0 Å².